The summed E-state index contributed by atoms with van der Waals surface area (Å²) in [6, 6.07) is 50.1. The molecule has 0 aliphatic rings. The SMILES string of the molecule is O=C(NC(c1ccccc1)(c1ccccc1)c1ccccc1)C(NCc1ccccc1)c1ccccc1. The number of rotatable bonds is 9. The van der Waals surface area contributed by atoms with Gasteiger partial charge in [0.2, 0.25) is 5.91 Å². The zero-order valence-corrected chi connectivity index (χ0v) is 20.6. The van der Waals surface area contributed by atoms with Crippen LogP contribution in [0.25, 0.3) is 0 Å². The molecule has 0 radical (unpaired) electrons. The first-order valence-electron chi connectivity index (χ1n) is 12.6. The largest absolute Gasteiger partial charge is 0.337 e. The van der Waals surface area contributed by atoms with E-state index in [-0.39, 0.29) is 5.91 Å². The van der Waals surface area contributed by atoms with E-state index in [4.69, 9.17) is 0 Å². The standard InChI is InChI=1S/C34H30N2O/c37-33(32(28-18-8-2-9-19-28)35-26-27-16-6-1-7-17-27)36-34(29-20-10-3-11-21-29,30-22-12-4-13-23-30)31-24-14-5-15-25-31/h1-25,32,35H,26H2,(H,36,37). The summed E-state index contributed by atoms with van der Waals surface area (Å²) in [6.45, 7) is 0.572. The smallest absolute Gasteiger partial charge is 0.242 e. The van der Waals surface area contributed by atoms with Crippen molar-refractivity contribution in [2.45, 2.75) is 18.1 Å². The van der Waals surface area contributed by atoms with E-state index in [1.54, 1.807) is 0 Å². The van der Waals surface area contributed by atoms with Crippen LogP contribution < -0.4 is 10.6 Å². The van der Waals surface area contributed by atoms with Gasteiger partial charge in [0.1, 0.15) is 11.6 Å². The normalized spacial score (nSPS) is 12.0. The van der Waals surface area contributed by atoms with Gasteiger partial charge in [-0.05, 0) is 27.8 Å². The number of hydrogen-bond acceptors (Lipinski definition) is 2. The molecule has 3 heteroatoms. The average Bonchev–Trinajstić information content (AvgIpc) is 2.98. The van der Waals surface area contributed by atoms with E-state index in [2.05, 4.69) is 59.2 Å². The molecular formula is C34H30N2O. The Hall–Kier alpha value is -4.47. The zero-order chi connectivity index (χ0) is 25.3. The zero-order valence-electron chi connectivity index (χ0n) is 20.6. The summed E-state index contributed by atoms with van der Waals surface area (Å²) in [5.74, 6) is -0.0984. The molecule has 0 bridgehead atoms. The predicted molar refractivity (Wildman–Crippen MR) is 150 cm³/mol. The fourth-order valence-corrected chi connectivity index (χ4v) is 4.86. The van der Waals surface area contributed by atoms with Crippen LogP contribution >= 0.6 is 0 Å². The minimum absolute atomic E-state index is 0.0984. The van der Waals surface area contributed by atoms with Gasteiger partial charge in [0.15, 0.2) is 0 Å². The molecule has 0 aliphatic heterocycles. The van der Waals surface area contributed by atoms with Crippen LogP contribution in [-0.2, 0) is 16.9 Å². The molecule has 2 N–H and O–H groups in total. The molecule has 1 unspecified atom stereocenters. The molecule has 3 nitrogen and oxygen atoms in total. The highest BCUT2D eigenvalue weighted by molar-refractivity contribution is 5.85. The Kier molecular flexibility index (Phi) is 7.54. The highest BCUT2D eigenvalue weighted by Crippen LogP contribution is 2.37. The summed E-state index contributed by atoms with van der Waals surface area (Å²) in [4.78, 5) is 14.3. The van der Waals surface area contributed by atoms with Crippen LogP contribution in [0.4, 0.5) is 0 Å². The molecule has 182 valence electrons. The van der Waals surface area contributed by atoms with Crippen LogP contribution in [0, 0.1) is 0 Å². The Morgan fingerprint density at radius 2 is 0.919 bits per heavy atom. The first-order valence-corrected chi connectivity index (χ1v) is 12.6. The Morgan fingerprint density at radius 1 is 0.541 bits per heavy atom. The third-order valence-corrected chi connectivity index (χ3v) is 6.68. The third kappa shape index (κ3) is 5.37. The molecule has 37 heavy (non-hydrogen) atoms. The maximum Gasteiger partial charge on any atom is 0.242 e. The van der Waals surface area contributed by atoms with Crippen molar-refractivity contribution in [3.63, 3.8) is 0 Å². The molecule has 5 rings (SSSR count). The van der Waals surface area contributed by atoms with Gasteiger partial charge in [0.25, 0.3) is 0 Å². The van der Waals surface area contributed by atoms with Crippen molar-refractivity contribution >= 4 is 5.91 Å². The van der Waals surface area contributed by atoms with Crippen LogP contribution in [0.1, 0.15) is 33.9 Å². The van der Waals surface area contributed by atoms with Crippen molar-refractivity contribution in [1.82, 2.24) is 10.6 Å². The predicted octanol–water partition coefficient (Wildman–Crippen LogP) is 6.63. The van der Waals surface area contributed by atoms with Crippen LogP contribution in [0.2, 0.25) is 0 Å². The van der Waals surface area contributed by atoms with Gasteiger partial charge < -0.3 is 5.32 Å². The quantitative estimate of drug-likeness (QED) is 0.232. The second-order valence-corrected chi connectivity index (χ2v) is 9.05. The van der Waals surface area contributed by atoms with Crippen molar-refractivity contribution < 1.29 is 4.79 Å². The second-order valence-electron chi connectivity index (χ2n) is 9.05. The van der Waals surface area contributed by atoms with Crippen LogP contribution in [-0.4, -0.2) is 5.91 Å². The van der Waals surface area contributed by atoms with Crippen molar-refractivity contribution in [2.75, 3.05) is 0 Å². The van der Waals surface area contributed by atoms with Gasteiger partial charge in [0, 0.05) is 6.54 Å². The van der Waals surface area contributed by atoms with Crippen molar-refractivity contribution in [2.24, 2.45) is 0 Å². The van der Waals surface area contributed by atoms with Crippen LogP contribution in [0.15, 0.2) is 152 Å². The monoisotopic (exact) mass is 482 g/mol. The number of hydrogen-bond donors (Lipinski definition) is 2. The molecule has 0 aliphatic carbocycles. The van der Waals surface area contributed by atoms with E-state index < -0.39 is 11.6 Å². The Bertz CT molecular complexity index is 1290. The Balaban J connectivity index is 1.60. The summed E-state index contributed by atoms with van der Waals surface area (Å²) in [5.41, 5.74) is 4.15. The molecule has 1 atom stereocenters. The van der Waals surface area contributed by atoms with Gasteiger partial charge in [-0.15, -0.1) is 0 Å². The lowest BCUT2D eigenvalue weighted by atomic mass is 9.76. The topological polar surface area (TPSA) is 41.1 Å². The lowest BCUT2D eigenvalue weighted by Crippen LogP contribution is -2.51. The van der Waals surface area contributed by atoms with Gasteiger partial charge in [-0.25, -0.2) is 0 Å². The first-order chi connectivity index (χ1) is 18.3. The average molecular weight is 483 g/mol. The van der Waals surface area contributed by atoms with Crippen molar-refractivity contribution in [3.05, 3.63) is 179 Å². The molecule has 5 aromatic carbocycles. The molecule has 0 fully saturated rings. The van der Waals surface area contributed by atoms with Crippen LogP contribution in [0.3, 0.4) is 0 Å². The van der Waals surface area contributed by atoms with E-state index in [1.165, 1.54) is 0 Å². The second kappa shape index (κ2) is 11.5. The minimum atomic E-state index is -0.873. The lowest BCUT2D eigenvalue weighted by molar-refractivity contribution is -0.124. The molecular weight excluding hydrogens is 452 g/mol. The number of amides is 1. The molecule has 0 aromatic heterocycles. The van der Waals surface area contributed by atoms with E-state index in [9.17, 15) is 4.79 Å². The summed E-state index contributed by atoms with van der Waals surface area (Å²) >= 11 is 0. The number of carbonyl (C=O) groups is 1. The highest BCUT2D eigenvalue weighted by atomic mass is 16.2. The number of nitrogens with one attached hydrogen (secondary N) is 2. The summed E-state index contributed by atoms with van der Waals surface area (Å²) in [6.07, 6.45) is 0. The molecule has 0 saturated carbocycles. The van der Waals surface area contributed by atoms with E-state index >= 15 is 0 Å². The molecule has 1 amide bonds. The maximum absolute atomic E-state index is 14.3. The first kappa shape index (κ1) is 24.2. The van der Waals surface area contributed by atoms with Crippen molar-refractivity contribution in [1.29, 1.82) is 0 Å². The molecule has 0 heterocycles. The third-order valence-electron chi connectivity index (χ3n) is 6.68. The summed E-state index contributed by atoms with van der Waals surface area (Å²) < 4.78 is 0. The Labute approximate surface area is 218 Å². The van der Waals surface area contributed by atoms with Gasteiger partial charge in [-0.1, -0.05) is 152 Å². The Morgan fingerprint density at radius 3 is 1.35 bits per heavy atom. The van der Waals surface area contributed by atoms with Crippen LogP contribution in [0.5, 0.6) is 0 Å². The lowest BCUT2D eigenvalue weighted by Gasteiger charge is -2.38. The fourth-order valence-electron chi connectivity index (χ4n) is 4.86. The maximum atomic E-state index is 14.3. The van der Waals surface area contributed by atoms with E-state index in [0.29, 0.717) is 6.54 Å². The molecule has 5 aromatic rings. The number of carbonyl (C=O) groups excluding carboxylic acids is 1. The van der Waals surface area contributed by atoms with Gasteiger partial charge in [-0.2, -0.15) is 0 Å². The number of benzene rings is 5. The van der Waals surface area contributed by atoms with E-state index in [1.807, 2.05) is 103 Å². The van der Waals surface area contributed by atoms with Gasteiger partial charge in [-0.3, -0.25) is 10.1 Å². The summed E-state index contributed by atoms with van der Waals surface area (Å²) in [7, 11) is 0. The molecule has 0 saturated heterocycles. The van der Waals surface area contributed by atoms with Gasteiger partial charge in [0.05, 0.1) is 0 Å². The van der Waals surface area contributed by atoms with Gasteiger partial charge >= 0.3 is 0 Å². The highest BCUT2D eigenvalue weighted by Gasteiger charge is 2.39. The molecule has 0 spiro atoms. The minimum Gasteiger partial charge on any atom is -0.337 e. The van der Waals surface area contributed by atoms with Crippen molar-refractivity contribution in [3.8, 4) is 0 Å². The summed E-state index contributed by atoms with van der Waals surface area (Å²) in [5, 5.41) is 7.03. The fraction of sp³-hybridized carbons (Fsp3) is 0.0882. The van der Waals surface area contributed by atoms with E-state index in [0.717, 1.165) is 27.8 Å².